The van der Waals surface area contributed by atoms with Crippen LogP contribution in [0.15, 0.2) is 39.8 Å². The van der Waals surface area contributed by atoms with Gasteiger partial charge in [-0.25, -0.2) is 14.8 Å². The Morgan fingerprint density at radius 2 is 2.00 bits per heavy atom. The van der Waals surface area contributed by atoms with Crippen LogP contribution in [0, 0.1) is 0 Å². The summed E-state index contributed by atoms with van der Waals surface area (Å²) in [6, 6.07) is 7.18. The van der Waals surface area contributed by atoms with Gasteiger partial charge in [0.2, 0.25) is 0 Å². The number of benzene rings is 1. The van der Waals surface area contributed by atoms with Gasteiger partial charge in [-0.15, -0.1) is 0 Å². The molecule has 0 saturated carbocycles. The minimum Gasteiger partial charge on any atom is -0.422 e. The molecule has 3 rings (SSSR count). The van der Waals surface area contributed by atoms with Crippen LogP contribution in [0.5, 0.6) is 0 Å². The molecule has 0 fully saturated rings. The number of para-hydroxylation sites is 1. The molecule has 0 saturated heterocycles. The van der Waals surface area contributed by atoms with Gasteiger partial charge < -0.3 is 10.2 Å². The molecule has 78 valence electrons. The minimum atomic E-state index is -0.508. The first kappa shape index (κ1) is 8.84. The van der Waals surface area contributed by atoms with Crippen molar-refractivity contribution in [2.45, 2.75) is 0 Å². The number of nitrogens with zero attached hydrogens (tertiary/aromatic N) is 2. The molecule has 0 atom stereocenters. The van der Waals surface area contributed by atoms with E-state index in [2.05, 4.69) is 9.97 Å². The highest BCUT2D eigenvalue weighted by molar-refractivity contribution is 6.04. The Kier molecular flexibility index (Phi) is 1.67. The summed E-state index contributed by atoms with van der Waals surface area (Å²) < 4.78 is 5.14. The lowest BCUT2D eigenvalue weighted by atomic mass is 10.2. The van der Waals surface area contributed by atoms with Crippen LogP contribution in [0.4, 0.5) is 5.82 Å². The minimum absolute atomic E-state index is 0.143. The molecule has 2 N–H and O–H groups in total. The number of rotatable bonds is 0. The molecular weight excluding hydrogens is 206 g/mol. The van der Waals surface area contributed by atoms with Crippen molar-refractivity contribution in [1.82, 2.24) is 9.97 Å². The molecule has 1 aromatic carbocycles. The molecule has 2 heterocycles. The molecule has 5 heteroatoms. The van der Waals surface area contributed by atoms with Gasteiger partial charge >= 0.3 is 5.63 Å². The Hall–Kier alpha value is -2.43. The molecule has 5 nitrogen and oxygen atoms in total. The molecule has 16 heavy (non-hydrogen) atoms. The zero-order valence-electron chi connectivity index (χ0n) is 8.18. The first-order valence-corrected chi connectivity index (χ1v) is 4.69. The van der Waals surface area contributed by atoms with Gasteiger partial charge in [-0.3, -0.25) is 0 Å². The third-order valence-corrected chi connectivity index (χ3v) is 2.43. The summed E-state index contributed by atoms with van der Waals surface area (Å²) in [5.74, 6) is 0.143. The molecule has 0 bridgehead atoms. The van der Waals surface area contributed by atoms with Crippen molar-refractivity contribution in [3.8, 4) is 0 Å². The number of aromatic nitrogens is 2. The van der Waals surface area contributed by atoms with Gasteiger partial charge in [0, 0.05) is 5.39 Å². The van der Waals surface area contributed by atoms with Crippen LogP contribution in [0.2, 0.25) is 0 Å². The van der Waals surface area contributed by atoms with Crippen LogP contribution >= 0.6 is 0 Å². The summed E-state index contributed by atoms with van der Waals surface area (Å²) in [4.78, 5) is 19.5. The predicted molar refractivity (Wildman–Crippen MR) is 60.0 cm³/mol. The molecular formula is C11H7N3O2. The van der Waals surface area contributed by atoms with Crippen molar-refractivity contribution >= 4 is 27.7 Å². The van der Waals surface area contributed by atoms with E-state index in [1.54, 1.807) is 12.1 Å². The van der Waals surface area contributed by atoms with Crippen molar-refractivity contribution in [2.75, 3.05) is 5.73 Å². The van der Waals surface area contributed by atoms with Gasteiger partial charge in [-0.05, 0) is 12.1 Å². The molecule has 0 radical (unpaired) electrons. The SMILES string of the molecule is Nc1ncnc2c1c(=O)oc1ccccc12. The van der Waals surface area contributed by atoms with E-state index in [1.165, 1.54) is 6.33 Å². The van der Waals surface area contributed by atoms with Crippen LogP contribution in [-0.2, 0) is 0 Å². The van der Waals surface area contributed by atoms with Crippen molar-refractivity contribution in [2.24, 2.45) is 0 Å². The highest BCUT2D eigenvalue weighted by Gasteiger charge is 2.10. The summed E-state index contributed by atoms with van der Waals surface area (Å²) in [7, 11) is 0. The number of hydrogen-bond donors (Lipinski definition) is 1. The van der Waals surface area contributed by atoms with Gasteiger partial charge in [-0.1, -0.05) is 12.1 Å². The largest absolute Gasteiger partial charge is 0.422 e. The van der Waals surface area contributed by atoms with Gasteiger partial charge in [0.15, 0.2) is 0 Å². The number of hydrogen-bond acceptors (Lipinski definition) is 5. The Balaban J connectivity index is 2.71. The summed E-state index contributed by atoms with van der Waals surface area (Å²) >= 11 is 0. The van der Waals surface area contributed by atoms with Gasteiger partial charge in [0.1, 0.15) is 23.1 Å². The van der Waals surface area contributed by atoms with Gasteiger partial charge in [0.05, 0.1) is 5.52 Å². The van der Waals surface area contributed by atoms with E-state index >= 15 is 0 Å². The molecule has 2 aromatic heterocycles. The third kappa shape index (κ3) is 1.08. The highest BCUT2D eigenvalue weighted by atomic mass is 16.4. The second kappa shape index (κ2) is 3.03. The number of fused-ring (bicyclic) bond motifs is 3. The van der Waals surface area contributed by atoms with Crippen LogP contribution in [0.1, 0.15) is 0 Å². The zero-order chi connectivity index (χ0) is 11.1. The normalized spacial score (nSPS) is 11.0. The first-order valence-electron chi connectivity index (χ1n) is 4.69. The van der Waals surface area contributed by atoms with Gasteiger partial charge in [-0.2, -0.15) is 0 Å². The maximum atomic E-state index is 11.7. The van der Waals surface area contributed by atoms with E-state index in [0.29, 0.717) is 11.1 Å². The van der Waals surface area contributed by atoms with Crippen LogP contribution < -0.4 is 11.4 Å². The number of anilines is 1. The maximum Gasteiger partial charge on any atom is 0.349 e. The topological polar surface area (TPSA) is 82.0 Å². The Bertz CT molecular complexity index is 749. The van der Waals surface area contributed by atoms with E-state index in [4.69, 9.17) is 10.2 Å². The van der Waals surface area contributed by atoms with Crippen LogP contribution in [0.3, 0.4) is 0 Å². The van der Waals surface area contributed by atoms with E-state index < -0.39 is 5.63 Å². The highest BCUT2D eigenvalue weighted by Crippen LogP contribution is 2.22. The Morgan fingerprint density at radius 3 is 2.88 bits per heavy atom. The lowest BCUT2D eigenvalue weighted by Gasteiger charge is -2.01. The van der Waals surface area contributed by atoms with Crippen molar-refractivity contribution < 1.29 is 4.42 Å². The first-order chi connectivity index (χ1) is 7.77. The smallest absolute Gasteiger partial charge is 0.349 e. The second-order valence-electron chi connectivity index (χ2n) is 3.37. The zero-order valence-corrected chi connectivity index (χ0v) is 8.18. The van der Waals surface area contributed by atoms with Crippen LogP contribution in [0.25, 0.3) is 21.9 Å². The molecule has 0 aliphatic carbocycles. The molecule has 0 amide bonds. The maximum absolute atomic E-state index is 11.7. The van der Waals surface area contributed by atoms with E-state index in [9.17, 15) is 4.79 Å². The van der Waals surface area contributed by atoms with Crippen molar-refractivity contribution in [1.29, 1.82) is 0 Å². The fourth-order valence-electron chi connectivity index (χ4n) is 1.71. The second-order valence-corrected chi connectivity index (χ2v) is 3.37. The lowest BCUT2D eigenvalue weighted by Crippen LogP contribution is -2.06. The fraction of sp³-hybridized carbons (Fsp3) is 0. The molecule has 0 spiro atoms. The average molecular weight is 213 g/mol. The Morgan fingerprint density at radius 1 is 1.19 bits per heavy atom. The molecule has 3 aromatic rings. The number of nitrogen functional groups attached to an aromatic ring is 1. The lowest BCUT2D eigenvalue weighted by molar-refractivity contribution is 0.569. The van der Waals surface area contributed by atoms with Gasteiger partial charge in [0.25, 0.3) is 0 Å². The monoisotopic (exact) mass is 213 g/mol. The molecule has 0 aliphatic heterocycles. The van der Waals surface area contributed by atoms with Crippen molar-refractivity contribution in [3.63, 3.8) is 0 Å². The molecule has 0 unspecified atom stereocenters. The summed E-state index contributed by atoms with van der Waals surface area (Å²) in [6.45, 7) is 0. The average Bonchev–Trinajstić information content (AvgIpc) is 2.29. The predicted octanol–water partition coefficient (Wildman–Crippen LogP) is 1.32. The fourth-order valence-corrected chi connectivity index (χ4v) is 1.71. The summed E-state index contributed by atoms with van der Waals surface area (Å²) in [6.07, 6.45) is 1.34. The quantitative estimate of drug-likeness (QED) is 0.449. The standard InChI is InChI=1S/C11H7N3O2/c12-10-8-9(13-5-14-10)6-3-1-2-4-7(6)16-11(8)15/h1-5H,(H2,12,13,14). The third-order valence-electron chi connectivity index (χ3n) is 2.43. The Labute approximate surface area is 89.5 Å². The van der Waals surface area contributed by atoms with E-state index in [0.717, 1.165) is 5.39 Å². The molecule has 0 aliphatic rings. The number of nitrogens with two attached hydrogens (primary N) is 1. The van der Waals surface area contributed by atoms with E-state index in [-0.39, 0.29) is 11.2 Å². The van der Waals surface area contributed by atoms with E-state index in [1.807, 2.05) is 12.1 Å². The van der Waals surface area contributed by atoms with Crippen LogP contribution in [-0.4, -0.2) is 9.97 Å². The van der Waals surface area contributed by atoms with Crippen molar-refractivity contribution in [3.05, 3.63) is 41.0 Å². The summed E-state index contributed by atoms with van der Waals surface area (Å²) in [5.41, 5.74) is 6.15. The summed E-state index contributed by atoms with van der Waals surface area (Å²) in [5, 5.41) is 0.993.